The molecule has 0 bridgehead atoms. The van der Waals surface area contributed by atoms with E-state index in [2.05, 4.69) is 6.92 Å². The van der Waals surface area contributed by atoms with Gasteiger partial charge in [-0.2, -0.15) is 0 Å². The minimum absolute atomic E-state index is 0.145. The number of epoxide rings is 1. The highest BCUT2D eigenvalue weighted by atomic mass is 16.6. The van der Waals surface area contributed by atoms with Gasteiger partial charge in [-0.05, 0) is 13.3 Å². The van der Waals surface area contributed by atoms with Crippen molar-refractivity contribution in [1.29, 1.82) is 0 Å². The van der Waals surface area contributed by atoms with Crippen LogP contribution in [0.15, 0.2) is 0 Å². The number of unbranched alkanes of at least 4 members (excludes halogenated alkanes) is 1. The average Bonchev–Trinajstić information content (AvgIpc) is 2.62. The second-order valence-electron chi connectivity index (χ2n) is 3.02. The number of aliphatic hydroxyl groups excluding tert-OH is 1. The number of ether oxygens (including phenoxy) is 1. The Kier molecular flexibility index (Phi) is 2.69. The fourth-order valence-electron chi connectivity index (χ4n) is 1.22. The molecule has 0 spiro atoms. The summed E-state index contributed by atoms with van der Waals surface area (Å²) >= 11 is 0. The molecule has 0 radical (unpaired) electrons. The van der Waals surface area contributed by atoms with E-state index >= 15 is 0 Å². The maximum absolute atomic E-state index is 9.04. The summed E-state index contributed by atoms with van der Waals surface area (Å²) < 4.78 is 5.23. The molecule has 1 N–H and O–H groups in total. The van der Waals surface area contributed by atoms with Gasteiger partial charge in [0, 0.05) is 0 Å². The SMILES string of the molecule is CCCC[C@H]1O[C@H]1[C@H](C)O. The molecule has 1 rings (SSSR count). The zero-order valence-electron chi connectivity index (χ0n) is 6.71. The van der Waals surface area contributed by atoms with Crippen LogP contribution < -0.4 is 0 Å². The van der Waals surface area contributed by atoms with Crippen molar-refractivity contribution in [3.63, 3.8) is 0 Å². The Morgan fingerprint density at radius 3 is 2.70 bits per heavy atom. The van der Waals surface area contributed by atoms with Gasteiger partial charge in [0.2, 0.25) is 0 Å². The summed E-state index contributed by atoms with van der Waals surface area (Å²) in [4.78, 5) is 0. The molecule has 1 saturated heterocycles. The minimum atomic E-state index is -0.276. The highest BCUT2D eigenvalue weighted by Gasteiger charge is 2.41. The molecule has 0 saturated carbocycles. The third-order valence-electron chi connectivity index (χ3n) is 1.94. The van der Waals surface area contributed by atoms with Crippen molar-refractivity contribution >= 4 is 0 Å². The molecule has 0 aliphatic carbocycles. The molecular formula is C8H16O2. The first-order chi connectivity index (χ1) is 4.75. The summed E-state index contributed by atoms with van der Waals surface area (Å²) in [5.41, 5.74) is 0. The first-order valence-corrected chi connectivity index (χ1v) is 4.09. The van der Waals surface area contributed by atoms with Crippen LogP contribution in [-0.4, -0.2) is 23.4 Å². The fraction of sp³-hybridized carbons (Fsp3) is 1.00. The van der Waals surface area contributed by atoms with Gasteiger partial charge in [0.15, 0.2) is 0 Å². The summed E-state index contributed by atoms with van der Waals surface area (Å²) in [5.74, 6) is 0. The predicted molar refractivity (Wildman–Crippen MR) is 39.9 cm³/mol. The van der Waals surface area contributed by atoms with Gasteiger partial charge < -0.3 is 9.84 Å². The lowest BCUT2D eigenvalue weighted by molar-refractivity contribution is 0.152. The molecule has 2 heteroatoms. The third kappa shape index (κ3) is 1.96. The number of hydrogen-bond acceptors (Lipinski definition) is 2. The van der Waals surface area contributed by atoms with Crippen molar-refractivity contribution < 1.29 is 9.84 Å². The molecule has 60 valence electrons. The Labute approximate surface area is 62.2 Å². The molecule has 3 atom stereocenters. The molecular weight excluding hydrogens is 128 g/mol. The van der Waals surface area contributed by atoms with Gasteiger partial charge in [-0.1, -0.05) is 19.8 Å². The van der Waals surface area contributed by atoms with Crippen LogP contribution >= 0.6 is 0 Å². The van der Waals surface area contributed by atoms with Crippen molar-refractivity contribution in [2.24, 2.45) is 0 Å². The summed E-state index contributed by atoms with van der Waals surface area (Å²) in [7, 11) is 0. The van der Waals surface area contributed by atoms with Gasteiger partial charge in [-0.3, -0.25) is 0 Å². The predicted octanol–water partition coefficient (Wildman–Crippen LogP) is 1.32. The summed E-state index contributed by atoms with van der Waals surface area (Å²) in [6, 6.07) is 0. The third-order valence-corrected chi connectivity index (χ3v) is 1.94. The lowest BCUT2D eigenvalue weighted by atomic mass is 10.1. The van der Waals surface area contributed by atoms with E-state index in [4.69, 9.17) is 9.84 Å². The normalized spacial score (nSPS) is 33.9. The van der Waals surface area contributed by atoms with Gasteiger partial charge in [0.1, 0.15) is 6.10 Å². The zero-order valence-corrected chi connectivity index (χ0v) is 6.71. The van der Waals surface area contributed by atoms with Crippen LogP contribution in [-0.2, 0) is 4.74 Å². The number of hydrogen-bond donors (Lipinski definition) is 1. The molecule has 0 unspecified atom stereocenters. The van der Waals surface area contributed by atoms with Crippen LogP contribution in [0.2, 0.25) is 0 Å². The fourth-order valence-corrected chi connectivity index (χ4v) is 1.22. The maximum atomic E-state index is 9.04. The highest BCUT2D eigenvalue weighted by Crippen LogP contribution is 2.29. The lowest BCUT2D eigenvalue weighted by Crippen LogP contribution is -2.11. The van der Waals surface area contributed by atoms with E-state index in [0.29, 0.717) is 6.10 Å². The number of aliphatic hydroxyl groups is 1. The Morgan fingerprint density at radius 1 is 1.60 bits per heavy atom. The molecule has 2 nitrogen and oxygen atoms in total. The van der Waals surface area contributed by atoms with E-state index in [-0.39, 0.29) is 12.2 Å². The van der Waals surface area contributed by atoms with E-state index in [1.165, 1.54) is 12.8 Å². The molecule has 1 aliphatic heterocycles. The number of rotatable bonds is 4. The van der Waals surface area contributed by atoms with Gasteiger partial charge in [0.05, 0.1) is 12.2 Å². The second-order valence-corrected chi connectivity index (χ2v) is 3.02. The van der Waals surface area contributed by atoms with Crippen molar-refractivity contribution in [2.75, 3.05) is 0 Å². The molecule has 10 heavy (non-hydrogen) atoms. The van der Waals surface area contributed by atoms with Crippen LogP contribution in [0.1, 0.15) is 33.1 Å². The van der Waals surface area contributed by atoms with Gasteiger partial charge in [-0.15, -0.1) is 0 Å². The Bertz CT molecular complexity index is 101. The molecule has 0 aromatic heterocycles. The van der Waals surface area contributed by atoms with Crippen LogP contribution in [0.4, 0.5) is 0 Å². The molecule has 1 fully saturated rings. The topological polar surface area (TPSA) is 32.8 Å². The Morgan fingerprint density at radius 2 is 2.30 bits per heavy atom. The van der Waals surface area contributed by atoms with Crippen LogP contribution in [0.25, 0.3) is 0 Å². The molecule has 0 aromatic rings. The second kappa shape index (κ2) is 3.35. The molecule has 1 aliphatic rings. The average molecular weight is 144 g/mol. The van der Waals surface area contributed by atoms with Gasteiger partial charge in [-0.25, -0.2) is 0 Å². The maximum Gasteiger partial charge on any atom is 0.110 e. The van der Waals surface area contributed by atoms with Crippen molar-refractivity contribution in [3.05, 3.63) is 0 Å². The largest absolute Gasteiger partial charge is 0.391 e. The van der Waals surface area contributed by atoms with Gasteiger partial charge in [0.25, 0.3) is 0 Å². The van der Waals surface area contributed by atoms with E-state index in [0.717, 1.165) is 6.42 Å². The Hall–Kier alpha value is -0.0800. The van der Waals surface area contributed by atoms with Crippen molar-refractivity contribution in [2.45, 2.75) is 51.4 Å². The van der Waals surface area contributed by atoms with E-state index in [9.17, 15) is 0 Å². The summed E-state index contributed by atoms with van der Waals surface area (Å²) in [6.07, 6.45) is 3.78. The highest BCUT2D eigenvalue weighted by molar-refractivity contribution is 4.88. The van der Waals surface area contributed by atoms with Crippen molar-refractivity contribution in [3.8, 4) is 0 Å². The lowest BCUT2D eigenvalue weighted by Gasteiger charge is -1.95. The van der Waals surface area contributed by atoms with E-state index in [1.807, 2.05) is 0 Å². The van der Waals surface area contributed by atoms with Gasteiger partial charge >= 0.3 is 0 Å². The first-order valence-electron chi connectivity index (χ1n) is 4.09. The van der Waals surface area contributed by atoms with Crippen LogP contribution in [0.3, 0.4) is 0 Å². The molecule has 0 amide bonds. The summed E-state index contributed by atoms with van der Waals surface area (Å²) in [6.45, 7) is 3.95. The minimum Gasteiger partial charge on any atom is -0.391 e. The quantitative estimate of drug-likeness (QED) is 0.604. The van der Waals surface area contributed by atoms with Crippen LogP contribution in [0.5, 0.6) is 0 Å². The summed E-state index contributed by atoms with van der Waals surface area (Å²) in [5, 5.41) is 9.04. The van der Waals surface area contributed by atoms with E-state index < -0.39 is 0 Å². The molecule has 1 heterocycles. The Balaban J connectivity index is 2.02. The molecule has 0 aromatic carbocycles. The van der Waals surface area contributed by atoms with E-state index in [1.54, 1.807) is 6.92 Å². The first kappa shape index (κ1) is 8.02. The monoisotopic (exact) mass is 144 g/mol. The van der Waals surface area contributed by atoms with Crippen LogP contribution in [0, 0.1) is 0 Å². The zero-order chi connectivity index (χ0) is 7.56. The smallest absolute Gasteiger partial charge is 0.110 e. The standard InChI is InChI=1S/C8H16O2/c1-3-4-5-7-8(10-7)6(2)9/h6-9H,3-5H2,1-2H3/t6-,7+,8-/m0/s1. The van der Waals surface area contributed by atoms with Crippen molar-refractivity contribution in [1.82, 2.24) is 0 Å².